The van der Waals surface area contributed by atoms with E-state index in [1.165, 1.54) is 18.5 Å². The molecule has 0 saturated heterocycles. The standard InChI is InChI=1S/C19H17F3N4/c20-19(21,22)15-8-6-14(7-9-15)17-10-18(26-12-25-17)24-11-16(23)13-4-2-1-3-5-13/h1-10,12,16H,11,23H2,(H,24,25,26). The summed E-state index contributed by atoms with van der Waals surface area (Å²) in [5, 5.41) is 3.13. The van der Waals surface area contributed by atoms with Crippen LogP contribution in [0.15, 0.2) is 67.0 Å². The van der Waals surface area contributed by atoms with Crippen molar-refractivity contribution < 1.29 is 13.2 Å². The van der Waals surface area contributed by atoms with Gasteiger partial charge in [0, 0.05) is 24.2 Å². The maximum absolute atomic E-state index is 12.7. The Morgan fingerprint density at radius 2 is 1.65 bits per heavy atom. The molecule has 2 aromatic carbocycles. The molecule has 134 valence electrons. The number of nitrogens with one attached hydrogen (secondary N) is 1. The van der Waals surface area contributed by atoms with Crippen LogP contribution < -0.4 is 11.1 Å². The van der Waals surface area contributed by atoms with Gasteiger partial charge in [0.15, 0.2) is 0 Å². The number of aromatic nitrogens is 2. The van der Waals surface area contributed by atoms with Gasteiger partial charge in [-0.15, -0.1) is 0 Å². The maximum Gasteiger partial charge on any atom is 0.416 e. The molecular weight excluding hydrogens is 341 g/mol. The number of hydrogen-bond acceptors (Lipinski definition) is 4. The van der Waals surface area contributed by atoms with Crippen molar-refractivity contribution in [2.75, 3.05) is 11.9 Å². The first-order valence-corrected chi connectivity index (χ1v) is 7.97. The minimum atomic E-state index is -4.36. The summed E-state index contributed by atoms with van der Waals surface area (Å²) in [5.74, 6) is 0.557. The lowest BCUT2D eigenvalue weighted by Gasteiger charge is -2.14. The van der Waals surface area contributed by atoms with Gasteiger partial charge in [0.25, 0.3) is 0 Å². The van der Waals surface area contributed by atoms with Gasteiger partial charge in [0.05, 0.1) is 11.3 Å². The molecule has 0 fully saturated rings. The van der Waals surface area contributed by atoms with E-state index in [1.807, 2.05) is 30.3 Å². The molecule has 0 aliphatic heterocycles. The largest absolute Gasteiger partial charge is 0.416 e. The molecule has 1 unspecified atom stereocenters. The van der Waals surface area contributed by atoms with Gasteiger partial charge in [-0.05, 0) is 17.7 Å². The lowest BCUT2D eigenvalue weighted by Crippen LogP contribution is -2.20. The first kappa shape index (κ1) is 17.9. The van der Waals surface area contributed by atoms with E-state index in [1.54, 1.807) is 6.07 Å². The second-order valence-electron chi connectivity index (χ2n) is 5.76. The van der Waals surface area contributed by atoms with Gasteiger partial charge in [-0.2, -0.15) is 13.2 Å². The highest BCUT2D eigenvalue weighted by Crippen LogP contribution is 2.30. The fraction of sp³-hybridized carbons (Fsp3) is 0.158. The quantitative estimate of drug-likeness (QED) is 0.715. The molecule has 0 saturated carbocycles. The molecule has 0 aliphatic rings. The molecule has 0 aliphatic carbocycles. The molecule has 0 spiro atoms. The summed E-state index contributed by atoms with van der Waals surface area (Å²) in [6.07, 6.45) is -2.99. The Morgan fingerprint density at radius 3 is 2.31 bits per heavy atom. The molecule has 26 heavy (non-hydrogen) atoms. The molecule has 1 atom stereocenters. The average Bonchev–Trinajstić information content (AvgIpc) is 2.66. The predicted octanol–water partition coefficient (Wildman–Crippen LogP) is 4.27. The third-order valence-electron chi connectivity index (χ3n) is 3.91. The summed E-state index contributed by atoms with van der Waals surface area (Å²) in [4.78, 5) is 8.25. The second kappa shape index (κ2) is 7.53. The number of hydrogen-bond donors (Lipinski definition) is 2. The molecule has 1 aromatic heterocycles. The van der Waals surface area contributed by atoms with Crippen LogP contribution in [-0.4, -0.2) is 16.5 Å². The Labute approximate surface area is 148 Å². The van der Waals surface area contributed by atoms with E-state index in [0.717, 1.165) is 17.7 Å². The molecule has 1 heterocycles. The van der Waals surface area contributed by atoms with E-state index >= 15 is 0 Å². The Balaban J connectivity index is 1.70. The van der Waals surface area contributed by atoms with Crippen molar-refractivity contribution in [1.82, 2.24) is 9.97 Å². The van der Waals surface area contributed by atoms with Gasteiger partial charge in [-0.3, -0.25) is 0 Å². The van der Waals surface area contributed by atoms with Gasteiger partial charge < -0.3 is 11.1 Å². The molecule has 3 rings (SSSR count). The van der Waals surface area contributed by atoms with E-state index < -0.39 is 11.7 Å². The normalized spacial score (nSPS) is 12.6. The zero-order valence-corrected chi connectivity index (χ0v) is 13.7. The maximum atomic E-state index is 12.7. The van der Waals surface area contributed by atoms with Crippen molar-refractivity contribution in [2.24, 2.45) is 5.73 Å². The van der Waals surface area contributed by atoms with Crippen LogP contribution in [-0.2, 0) is 6.18 Å². The molecule has 0 amide bonds. The third-order valence-corrected chi connectivity index (χ3v) is 3.91. The summed E-state index contributed by atoms with van der Waals surface area (Å²) in [6.45, 7) is 0.466. The third kappa shape index (κ3) is 4.37. The van der Waals surface area contributed by atoms with Crippen LogP contribution in [0, 0.1) is 0 Å². The second-order valence-corrected chi connectivity index (χ2v) is 5.76. The van der Waals surface area contributed by atoms with Gasteiger partial charge in [0.1, 0.15) is 12.1 Å². The van der Waals surface area contributed by atoms with E-state index in [-0.39, 0.29) is 6.04 Å². The first-order chi connectivity index (χ1) is 12.4. The summed E-state index contributed by atoms with van der Waals surface area (Å²) in [7, 11) is 0. The number of alkyl halides is 3. The highest BCUT2D eigenvalue weighted by atomic mass is 19.4. The SMILES string of the molecule is NC(CNc1cc(-c2ccc(C(F)(F)F)cc2)ncn1)c1ccccc1. The van der Waals surface area contributed by atoms with Gasteiger partial charge >= 0.3 is 6.18 Å². The van der Waals surface area contributed by atoms with Gasteiger partial charge in [-0.1, -0.05) is 42.5 Å². The summed E-state index contributed by atoms with van der Waals surface area (Å²) >= 11 is 0. The Hall–Kier alpha value is -2.93. The number of nitrogens with two attached hydrogens (primary N) is 1. The van der Waals surface area contributed by atoms with Crippen LogP contribution in [0.3, 0.4) is 0 Å². The minimum absolute atomic E-state index is 0.208. The number of anilines is 1. The fourth-order valence-corrected chi connectivity index (χ4v) is 2.47. The van der Waals surface area contributed by atoms with Crippen LogP contribution in [0.2, 0.25) is 0 Å². The molecule has 3 N–H and O–H groups in total. The minimum Gasteiger partial charge on any atom is -0.368 e. The van der Waals surface area contributed by atoms with Crippen molar-refractivity contribution in [3.05, 3.63) is 78.1 Å². The Morgan fingerprint density at radius 1 is 0.962 bits per heavy atom. The smallest absolute Gasteiger partial charge is 0.368 e. The van der Waals surface area contributed by atoms with E-state index in [2.05, 4.69) is 15.3 Å². The number of benzene rings is 2. The summed E-state index contributed by atoms with van der Waals surface area (Å²) < 4.78 is 38.0. The molecule has 0 radical (unpaired) electrons. The zero-order chi connectivity index (χ0) is 18.6. The van der Waals surface area contributed by atoms with E-state index in [9.17, 15) is 13.2 Å². The summed E-state index contributed by atoms with van der Waals surface area (Å²) in [6, 6.07) is 16.0. The van der Waals surface area contributed by atoms with Gasteiger partial charge in [-0.25, -0.2) is 9.97 Å². The highest BCUT2D eigenvalue weighted by Gasteiger charge is 2.30. The van der Waals surface area contributed by atoms with Crippen molar-refractivity contribution in [2.45, 2.75) is 12.2 Å². The lowest BCUT2D eigenvalue weighted by atomic mass is 10.1. The zero-order valence-electron chi connectivity index (χ0n) is 13.7. The molecule has 7 heteroatoms. The van der Waals surface area contributed by atoms with Crippen molar-refractivity contribution in [3.8, 4) is 11.3 Å². The highest BCUT2D eigenvalue weighted by molar-refractivity contribution is 5.62. The van der Waals surface area contributed by atoms with Crippen molar-refractivity contribution >= 4 is 5.82 Å². The van der Waals surface area contributed by atoms with Crippen LogP contribution in [0.25, 0.3) is 11.3 Å². The van der Waals surface area contributed by atoms with Crippen molar-refractivity contribution in [3.63, 3.8) is 0 Å². The molecule has 0 bridgehead atoms. The fourth-order valence-electron chi connectivity index (χ4n) is 2.47. The molecule has 4 nitrogen and oxygen atoms in total. The van der Waals surface area contributed by atoms with E-state index in [0.29, 0.717) is 23.6 Å². The molecule has 3 aromatic rings. The monoisotopic (exact) mass is 358 g/mol. The number of rotatable bonds is 5. The van der Waals surface area contributed by atoms with Crippen LogP contribution in [0.4, 0.5) is 19.0 Å². The number of nitrogens with zero attached hydrogens (tertiary/aromatic N) is 2. The summed E-state index contributed by atoms with van der Waals surface area (Å²) in [5.41, 5.74) is 7.55. The van der Waals surface area contributed by atoms with Crippen LogP contribution in [0.5, 0.6) is 0 Å². The molecular formula is C19H17F3N4. The Bertz CT molecular complexity index is 849. The topological polar surface area (TPSA) is 63.8 Å². The van der Waals surface area contributed by atoms with Crippen LogP contribution in [0.1, 0.15) is 17.2 Å². The number of halogens is 3. The predicted molar refractivity (Wildman–Crippen MR) is 94.3 cm³/mol. The Kier molecular flexibility index (Phi) is 5.18. The van der Waals surface area contributed by atoms with Crippen molar-refractivity contribution in [1.29, 1.82) is 0 Å². The van der Waals surface area contributed by atoms with E-state index in [4.69, 9.17) is 5.73 Å². The first-order valence-electron chi connectivity index (χ1n) is 7.97. The van der Waals surface area contributed by atoms with Gasteiger partial charge in [0.2, 0.25) is 0 Å². The lowest BCUT2D eigenvalue weighted by molar-refractivity contribution is -0.137. The van der Waals surface area contributed by atoms with Crippen LogP contribution >= 0.6 is 0 Å². The average molecular weight is 358 g/mol.